The highest BCUT2D eigenvalue weighted by Crippen LogP contribution is 2.38. The zero-order valence-corrected chi connectivity index (χ0v) is 14.6. The normalized spacial score (nSPS) is 12.6. The van der Waals surface area contributed by atoms with Crippen molar-refractivity contribution in [3.05, 3.63) is 63.6 Å². The first-order chi connectivity index (χ1) is 11.0. The Bertz CT molecular complexity index is 817. The van der Waals surface area contributed by atoms with Gasteiger partial charge in [0.25, 0.3) is 0 Å². The van der Waals surface area contributed by atoms with E-state index in [1.54, 1.807) is 30.3 Å². The van der Waals surface area contributed by atoms with Gasteiger partial charge in [-0.1, -0.05) is 53.5 Å². The Morgan fingerprint density at radius 1 is 1.04 bits per heavy atom. The van der Waals surface area contributed by atoms with Gasteiger partial charge in [-0.15, -0.1) is 0 Å². The van der Waals surface area contributed by atoms with Crippen LogP contribution >= 0.6 is 23.2 Å². The number of alkyl halides is 3. The molecule has 0 fully saturated rings. The summed E-state index contributed by atoms with van der Waals surface area (Å²) in [5, 5.41) is -1.15. The molecule has 3 nitrogen and oxygen atoms in total. The molecule has 0 radical (unpaired) electrons. The van der Waals surface area contributed by atoms with Crippen molar-refractivity contribution in [2.24, 2.45) is 0 Å². The maximum Gasteiger partial charge on any atom is 0.416 e. The van der Waals surface area contributed by atoms with Crippen LogP contribution in [0.1, 0.15) is 11.1 Å². The van der Waals surface area contributed by atoms with Gasteiger partial charge in [-0.2, -0.15) is 17.5 Å². The SMILES string of the molecule is CN(Cc1ccccc1)S(=O)(=O)c1c(Cl)cc(C(F)(F)F)cc1Cl. The summed E-state index contributed by atoms with van der Waals surface area (Å²) in [6, 6.07) is 9.82. The average molecular weight is 398 g/mol. The maximum absolute atomic E-state index is 12.7. The second-order valence-corrected chi connectivity index (χ2v) is 7.81. The molecule has 130 valence electrons. The van der Waals surface area contributed by atoms with Gasteiger partial charge in [-0.25, -0.2) is 8.42 Å². The summed E-state index contributed by atoms with van der Waals surface area (Å²) in [5.74, 6) is 0. The molecule has 0 atom stereocenters. The van der Waals surface area contributed by atoms with E-state index in [0.717, 1.165) is 4.31 Å². The molecule has 0 heterocycles. The first-order valence-electron chi connectivity index (χ1n) is 6.60. The summed E-state index contributed by atoms with van der Waals surface area (Å²) >= 11 is 11.6. The van der Waals surface area contributed by atoms with Crippen molar-refractivity contribution in [2.45, 2.75) is 17.6 Å². The molecule has 0 aliphatic rings. The Kier molecular flexibility index (Phi) is 5.49. The lowest BCUT2D eigenvalue weighted by atomic mass is 10.2. The number of rotatable bonds is 4. The third kappa shape index (κ3) is 4.03. The van der Waals surface area contributed by atoms with Gasteiger partial charge in [0.15, 0.2) is 0 Å². The Morgan fingerprint density at radius 2 is 1.54 bits per heavy atom. The maximum atomic E-state index is 12.7. The second kappa shape index (κ2) is 6.92. The molecule has 0 amide bonds. The molecule has 2 aromatic rings. The summed E-state index contributed by atoms with van der Waals surface area (Å²) in [4.78, 5) is -0.544. The van der Waals surface area contributed by atoms with Gasteiger partial charge in [0.1, 0.15) is 4.90 Å². The molecule has 0 N–H and O–H groups in total. The summed E-state index contributed by atoms with van der Waals surface area (Å²) in [5.41, 5.74) is -0.398. The zero-order chi connectivity index (χ0) is 18.1. The minimum atomic E-state index is -4.68. The Hall–Kier alpha value is -1.28. The lowest BCUT2D eigenvalue weighted by Gasteiger charge is -2.20. The Labute approximate surface area is 147 Å². The first kappa shape index (κ1) is 19.1. The van der Waals surface area contributed by atoms with Gasteiger partial charge in [0.2, 0.25) is 10.0 Å². The smallest absolute Gasteiger partial charge is 0.207 e. The molecule has 0 aliphatic heterocycles. The molecule has 2 rings (SSSR count). The minimum Gasteiger partial charge on any atom is -0.207 e. The predicted molar refractivity (Wildman–Crippen MR) is 86.6 cm³/mol. The summed E-state index contributed by atoms with van der Waals surface area (Å²) in [6.07, 6.45) is -4.68. The fraction of sp³-hybridized carbons (Fsp3) is 0.200. The van der Waals surface area contributed by atoms with E-state index in [2.05, 4.69) is 0 Å². The standard InChI is InChI=1S/C15H12Cl2F3NO2S/c1-21(9-10-5-3-2-4-6-10)24(22,23)14-12(16)7-11(8-13(14)17)15(18,19)20/h2-8H,9H2,1H3. The molecule has 0 unspecified atom stereocenters. The van der Waals surface area contributed by atoms with Crippen molar-refractivity contribution in [2.75, 3.05) is 7.05 Å². The lowest BCUT2D eigenvalue weighted by Crippen LogP contribution is -2.27. The Morgan fingerprint density at radius 3 is 2.00 bits per heavy atom. The van der Waals surface area contributed by atoms with Crippen molar-refractivity contribution < 1.29 is 21.6 Å². The number of sulfonamides is 1. The topological polar surface area (TPSA) is 37.4 Å². The highest BCUT2D eigenvalue weighted by Gasteiger charge is 2.34. The molecule has 0 saturated heterocycles. The van der Waals surface area contributed by atoms with Crippen LogP contribution in [0.4, 0.5) is 13.2 Å². The molecular weight excluding hydrogens is 386 g/mol. The van der Waals surface area contributed by atoms with Gasteiger partial charge in [-0.05, 0) is 17.7 Å². The summed E-state index contributed by atoms with van der Waals surface area (Å²) in [6.45, 7) is 0.0247. The van der Waals surface area contributed by atoms with Crippen LogP contribution in [0.15, 0.2) is 47.4 Å². The van der Waals surface area contributed by atoms with Crippen molar-refractivity contribution in [1.82, 2.24) is 4.31 Å². The number of benzene rings is 2. The molecule has 2 aromatic carbocycles. The average Bonchev–Trinajstić information content (AvgIpc) is 2.46. The lowest BCUT2D eigenvalue weighted by molar-refractivity contribution is -0.137. The van der Waals surface area contributed by atoms with Gasteiger partial charge >= 0.3 is 6.18 Å². The van der Waals surface area contributed by atoms with Crippen LogP contribution in [-0.4, -0.2) is 19.8 Å². The number of hydrogen-bond donors (Lipinski definition) is 0. The van der Waals surface area contributed by atoms with Gasteiger partial charge < -0.3 is 0 Å². The Balaban J connectivity index is 2.42. The van der Waals surface area contributed by atoms with Crippen molar-refractivity contribution in [1.29, 1.82) is 0 Å². The molecule has 0 aromatic heterocycles. The van der Waals surface area contributed by atoms with E-state index in [-0.39, 0.29) is 6.54 Å². The van der Waals surface area contributed by atoms with E-state index < -0.39 is 36.7 Å². The summed E-state index contributed by atoms with van der Waals surface area (Å²) < 4.78 is 64.4. The molecule has 0 aliphatic carbocycles. The van der Waals surface area contributed by atoms with E-state index in [9.17, 15) is 21.6 Å². The quantitative estimate of drug-likeness (QED) is 0.740. The number of hydrogen-bond acceptors (Lipinski definition) is 2. The third-order valence-electron chi connectivity index (χ3n) is 3.24. The molecular formula is C15H12Cl2F3NO2S. The van der Waals surface area contributed by atoms with Crippen molar-refractivity contribution >= 4 is 33.2 Å². The van der Waals surface area contributed by atoms with Gasteiger partial charge in [0.05, 0.1) is 15.6 Å². The van der Waals surface area contributed by atoms with Crippen molar-refractivity contribution in [3.8, 4) is 0 Å². The van der Waals surface area contributed by atoms with E-state index in [4.69, 9.17) is 23.2 Å². The summed E-state index contributed by atoms with van der Waals surface area (Å²) in [7, 11) is -2.86. The van der Waals surface area contributed by atoms with Crippen LogP contribution in [0.25, 0.3) is 0 Å². The number of nitrogens with zero attached hydrogens (tertiary/aromatic N) is 1. The third-order valence-corrected chi connectivity index (χ3v) is 5.97. The predicted octanol–water partition coefficient (Wildman–Crippen LogP) is 4.83. The molecule has 0 bridgehead atoms. The van der Waals surface area contributed by atoms with Crippen LogP contribution in [0.2, 0.25) is 10.0 Å². The fourth-order valence-electron chi connectivity index (χ4n) is 2.05. The first-order valence-corrected chi connectivity index (χ1v) is 8.79. The zero-order valence-electron chi connectivity index (χ0n) is 12.3. The second-order valence-electron chi connectivity index (χ2n) is 5.01. The molecule has 24 heavy (non-hydrogen) atoms. The van der Waals surface area contributed by atoms with Crippen LogP contribution in [-0.2, 0) is 22.7 Å². The highest BCUT2D eigenvalue weighted by molar-refractivity contribution is 7.89. The van der Waals surface area contributed by atoms with Crippen LogP contribution in [0.3, 0.4) is 0 Å². The molecule has 9 heteroatoms. The number of halogens is 5. The van der Waals surface area contributed by atoms with E-state index >= 15 is 0 Å². The van der Waals surface area contributed by atoms with Crippen molar-refractivity contribution in [3.63, 3.8) is 0 Å². The van der Waals surface area contributed by atoms with Crippen LogP contribution < -0.4 is 0 Å². The van der Waals surface area contributed by atoms with Gasteiger partial charge in [-0.3, -0.25) is 0 Å². The van der Waals surface area contributed by atoms with Crippen LogP contribution in [0.5, 0.6) is 0 Å². The fourth-order valence-corrected chi connectivity index (χ4v) is 4.36. The largest absolute Gasteiger partial charge is 0.416 e. The van der Waals surface area contributed by atoms with E-state index in [0.29, 0.717) is 17.7 Å². The minimum absolute atomic E-state index is 0.0247. The van der Waals surface area contributed by atoms with E-state index in [1.807, 2.05) is 0 Å². The highest BCUT2D eigenvalue weighted by atomic mass is 35.5. The molecule has 0 saturated carbocycles. The van der Waals surface area contributed by atoms with Gasteiger partial charge in [0, 0.05) is 13.6 Å². The van der Waals surface area contributed by atoms with E-state index in [1.165, 1.54) is 7.05 Å². The monoisotopic (exact) mass is 397 g/mol. The molecule has 0 spiro atoms. The van der Waals surface area contributed by atoms with Crippen LogP contribution in [0, 0.1) is 0 Å².